The van der Waals surface area contributed by atoms with Crippen LogP contribution in [0.1, 0.15) is 42.0 Å². The third-order valence-electron chi connectivity index (χ3n) is 5.07. The minimum Gasteiger partial charge on any atom is -0.363 e. The lowest BCUT2D eigenvalue weighted by Crippen LogP contribution is -2.40. The van der Waals surface area contributed by atoms with Crippen molar-refractivity contribution in [3.05, 3.63) is 75.3 Å². The van der Waals surface area contributed by atoms with E-state index in [0.29, 0.717) is 23.8 Å². The first kappa shape index (κ1) is 21.0. The van der Waals surface area contributed by atoms with Crippen LogP contribution in [-0.2, 0) is 13.1 Å². The minimum atomic E-state index is -0.0706. The van der Waals surface area contributed by atoms with E-state index in [-0.39, 0.29) is 5.56 Å². The molecule has 0 fully saturated rings. The van der Waals surface area contributed by atoms with Crippen LogP contribution < -0.4 is 10.9 Å². The van der Waals surface area contributed by atoms with E-state index in [2.05, 4.69) is 35.2 Å². The summed E-state index contributed by atoms with van der Waals surface area (Å²) in [6.45, 7) is 8.08. The average molecular weight is 409 g/mol. The lowest BCUT2D eigenvalue weighted by atomic mass is 10.0. The molecule has 0 aliphatic carbocycles. The molecule has 1 aromatic carbocycles. The first-order valence-electron chi connectivity index (χ1n) is 10.0. The van der Waals surface area contributed by atoms with Gasteiger partial charge in [0.25, 0.3) is 5.56 Å². The van der Waals surface area contributed by atoms with Gasteiger partial charge in [-0.05, 0) is 61.3 Å². The van der Waals surface area contributed by atoms with E-state index in [1.54, 1.807) is 6.20 Å². The Morgan fingerprint density at radius 2 is 2.00 bits per heavy atom. The average Bonchev–Trinajstić information content (AvgIpc) is 2.72. The summed E-state index contributed by atoms with van der Waals surface area (Å²) in [6, 6.07) is 10.1. The second-order valence-corrected chi connectivity index (χ2v) is 7.80. The van der Waals surface area contributed by atoms with Crippen molar-refractivity contribution in [3.8, 4) is 0 Å². The third-order valence-corrected chi connectivity index (χ3v) is 5.47. The maximum atomic E-state index is 12.8. The van der Waals surface area contributed by atoms with Gasteiger partial charge in [-0.2, -0.15) is 0 Å². The first-order chi connectivity index (χ1) is 14.0. The van der Waals surface area contributed by atoms with Crippen LogP contribution in [0.2, 0.25) is 0 Å². The van der Waals surface area contributed by atoms with Crippen molar-refractivity contribution < 1.29 is 0 Å². The van der Waals surface area contributed by atoms with Gasteiger partial charge < -0.3 is 15.2 Å². The molecule has 6 heteroatoms. The lowest BCUT2D eigenvalue weighted by Gasteiger charge is -2.26. The highest BCUT2D eigenvalue weighted by atomic mass is 32.1. The molecule has 2 aromatic heterocycles. The molecule has 5 nitrogen and oxygen atoms in total. The molecule has 0 amide bonds. The van der Waals surface area contributed by atoms with Crippen molar-refractivity contribution in [2.75, 3.05) is 6.54 Å². The van der Waals surface area contributed by atoms with Crippen LogP contribution in [0.4, 0.5) is 0 Å². The van der Waals surface area contributed by atoms with Crippen LogP contribution in [0.15, 0.2) is 47.5 Å². The zero-order chi connectivity index (χ0) is 20.8. The number of thiocarbonyl (C=S) groups is 1. The molecule has 0 bridgehead atoms. The normalized spacial score (nSPS) is 10.9. The Labute approximate surface area is 177 Å². The molecule has 29 heavy (non-hydrogen) atoms. The van der Waals surface area contributed by atoms with Crippen molar-refractivity contribution in [3.63, 3.8) is 0 Å². The Balaban J connectivity index is 1.92. The summed E-state index contributed by atoms with van der Waals surface area (Å²) < 4.78 is 0. The van der Waals surface area contributed by atoms with Gasteiger partial charge in [0, 0.05) is 36.4 Å². The fourth-order valence-corrected chi connectivity index (χ4v) is 3.57. The number of nitrogens with zero attached hydrogens (tertiary/aromatic N) is 2. The predicted octanol–water partition coefficient (Wildman–Crippen LogP) is 4.22. The van der Waals surface area contributed by atoms with Gasteiger partial charge in [-0.25, -0.2) is 0 Å². The second-order valence-electron chi connectivity index (χ2n) is 7.41. The number of fused-ring (bicyclic) bond motifs is 1. The molecular formula is C23H28N4OS. The van der Waals surface area contributed by atoms with Gasteiger partial charge in [0.2, 0.25) is 0 Å². The molecule has 0 radical (unpaired) electrons. The second kappa shape index (κ2) is 9.65. The van der Waals surface area contributed by atoms with E-state index < -0.39 is 0 Å². The maximum absolute atomic E-state index is 12.8. The molecule has 0 spiro atoms. The number of pyridine rings is 2. The van der Waals surface area contributed by atoms with Crippen molar-refractivity contribution >= 4 is 28.2 Å². The highest BCUT2D eigenvalue weighted by Gasteiger charge is 2.15. The summed E-state index contributed by atoms with van der Waals surface area (Å²) in [7, 11) is 0. The SMILES string of the molecule is CCCCNC(=S)N(Cc1cccnc1)Cc1cc2c(C)ccc(C)c2[nH]c1=O. The van der Waals surface area contributed by atoms with E-state index in [1.807, 2.05) is 42.3 Å². The monoisotopic (exact) mass is 408 g/mol. The molecule has 0 saturated carbocycles. The number of nitrogens with one attached hydrogen (secondary N) is 2. The molecule has 0 atom stereocenters. The largest absolute Gasteiger partial charge is 0.363 e. The van der Waals surface area contributed by atoms with Gasteiger partial charge in [-0.15, -0.1) is 0 Å². The molecule has 0 aliphatic heterocycles. The number of rotatable bonds is 7. The number of H-pyrrole nitrogens is 1. The highest BCUT2D eigenvalue weighted by Crippen LogP contribution is 2.20. The maximum Gasteiger partial charge on any atom is 0.253 e. The number of benzene rings is 1. The lowest BCUT2D eigenvalue weighted by molar-refractivity contribution is 0.396. The van der Waals surface area contributed by atoms with Gasteiger partial charge in [-0.1, -0.05) is 31.5 Å². The summed E-state index contributed by atoms with van der Waals surface area (Å²) >= 11 is 5.65. The molecule has 3 rings (SSSR count). The third kappa shape index (κ3) is 5.21. The van der Waals surface area contributed by atoms with E-state index in [1.165, 1.54) is 0 Å². The standard InChI is InChI=1S/C23H28N4OS/c1-4-5-11-25-23(29)27(14-18-7-6-10-24-13-18)15-19-12-20-16(2)8-9-17(3)21(20)26-22(19)28/h6-10,12-13H,4-5,11,14-15H2,1-3H3,(H,25,29)(H,26,28). The van der Waals surface area contributed by atoms with E-state index >= 15 is 0 Å². The first-order valence-corrected chi connectivity index (χ1v) is 10.4. The van der Waals surface area contributed by atoms with E-state index in [4.69, 9.17) is 12.2 Å². The van der Waals surface area contributed by atoms with Crippen LogP contribution >= 0.6 is 12.2 Å². The number of unbranched alkanes of at least 4 members (excludes halogenated alkanes) is 1. The molecule has 152 valence electrons. The van der Waals surface area contributed by atoms with Gasteiger partial charge >= 0.3 is 0 Å². The molecule has 2 heterocycles. The van der Waals surface area contributed by atoms with Crippen LogP contribution in [-0.4, -0.2) is 26.5 Å². The quantitative estimate of drug-likeness (QED) is 0.453. The van der Waals surface area contributed by atoms with Crippen LogP contribution in [0.3, 0.4) is 0 Å². The molecular weight excluding hydrogens is 380 g/mol. The summed E-state index contributed by atoms with van der Waals surface area (Å²) in [4.78, 5) is 22.1. The van der Waals surface area contributed by atoms with Gasteiger partial charge in [0.05, 0.1) is 12.1 Å². The zero-order valence-electron chi connectivity index (χ0n) is 17.3. The summed E-state index contributed by atoms with van der Waals surface area (Å²) in [5, 5.41) is 5.06. The van der Waals surface area contributed by atoms with Crippen molar-refractivity contribution in [1.29, 1.82) is 0 Å². The molecule has 3 aromatic rings. The van der Waals surface area contributed by atoms with Gasteiger partial charge in [0.15, 0.2) is 5.11 Å². The fraction of sp³-hybridized carbons (Fsp3) is 0.348. The van der Waals surface area contributed by atoms with Crippen LogP contribution in [0.5, 0.6) is 0 Å². The van der Waals surface area contributed by atoms with E-state index in [0.717, 1.165) is 47.0 Å². The topological polar surface area (TPSA) is 61.0 Å². The van der Waals surface area contributed by atoms with Gasteiger partial charge in [0.1, 0.15) is 0 Å². The molecule has 0 unspecified atom stereocenters. The predicted molar refractivity (Wildman–Crippen MR) is 123 cm³/mol. The number of aromatic nitrogens is 2. The Bertz CT molecular complexity index is 1050. The van der Waals surface area contributed by atoms with Crippen LogP contribution in [0, 0.1) is 13.8 Å². The molecule has 0 aliphatic rings. The Morgan fingerprint density at radius 1 is 1.21 bits per heavy atom. The number of hydrogen-bond donors (Lipinski definition) is 2. The highest BCUT2D eigenvalue weighted by molar-refractivity contribution is 7.80. The fourth-order valence-electron chi connectivity index (χ4n) is 3.34. The van der Waals surface area contributed by atoms with Gasteiger partial charge in [-0.3, -0.25) is 9.78 Å². The molecule has 2 N–H and O–H groups in total. The zero-order valence-corrected chi connectivity index (χ0v) is 18.1. The summed E-state index contributed by atoms with van der Waals surface area (Å²) in [5.41, 5.74) is 4.80. The summed E-state index contributed by atoms with van der Waals surface area (Å²) in [5.74, 6) is 0. The van der Waals surface area contributed by atoms with Crippen molar-refractivity contribution in [2.45, 2.75) is 46.7 Å². The minimum absolute atomic E-state index is 0.0706. The number of aryl methyl sites for hydroxylation is 2. The number of hydrogen-bond acceptors (Lipinski definition) is 3. The van der Waals surface area contributed by atoms with E-state index in [9.17, 15) is 4.79 Å². The van der Waals surface area contributed by atoms with Crippen molar-refractivity contribution in [2.24, 2.45) is 0 Å². The summed E-state index contributed by atoms with van der Waals surface area (Å²) in [6.07, 6.45) is 5.74. The number of aromatic amines is 1. The van der Waals surface area contributed by atoms with Crippen molar-refractivity contribution in [1.82, 2.24) is 20.2 Å². The smallest absolute Gasteiger partial charge is 0.253 e. The Kier molecular flexibility index (Phi) is 6.99. The Morgan fingerprint density at radius 3 is 2.72 bits per heavy atom. The molecule has 0 saturated heterocycles. The Hall–Kier alpha value is -2.73. The van der Waals surface area contributed by atoms with Crippen LogP contribution in [0.25, 0.3) is 10.9 Å².